The second-order valence-corrected chi connectivity index (χ2v) is 16.2. The zero-order valence-electron chi connectivity index (χ0n) is 38.2. The van der Waals surface area contributed by atoms with Crippen molar-refractivity contribution in [3.8, 4) is 0 Å². The number of anilines is 1. The van der Waals surface area contributed by atoms with E-state index in [1.54, 1.807) is 6.08 Å². The van der Waals surface area contributed by atoms with Gasteiger partial charge in [0.15, 0.2) is 17.1 Å². The van der Waals surface area contributed by atoms with Gasteiger partial charge in [-0.2, -0.15) is 17.6 Å². The highest BCUT2D eigenvalue weighted by atomic mass is 32.1. The van der Waals surface area contributed by atoms with E-state index in [1.807, 2.05) is 0 Å². The van der Waals surface area contributed by atoms with Gasteiger partial charge in [0, 0.05) is 43.0 Å². The lowest BCUT2D eigenvalue weighted by atomic mass is 9.96. The van der Waals surface area contributed by atoms with Gasteiger partial charge < -0.3 is 74.6 Å². The number of aromatic nitrogens is 4. The van der Waals surface area contributed by atoms with Crippen molar-refractivity contribution in [3.05, 3.63) is 33.9 Å². The summed E-state index contributed by atoms with van der Waals surface area (Å²) in [5, 5.41) is 61.3. The minimum atomic E-state index is -1.93. The second kappa shape index (κ2) is 28.4. The van der Waals surface area contributed by atoms with Crippen molar-refractivity contribution in [1.29, 1.82) is 0 Å². The molecule has 2 heterocycles. The molecule has 2 aromatic rings. The van der Waals surface area contributed by atoms with Gasteiger partial charge in [0.25, 0.3) is 5.56 Å². The number of aliphatic carboxylic acids is 5. The summed E-state index contributed by atoms with van der Waals surface area (Å²) in [6, 6.07) is -9.78. The molecular formula is C40H55N15O16S. The summed E-state index contributed by atoms with van der Waals surface area (Å²) in [7, 11) is 0. The minimum Gasteiger partial charge on any atom is -0.481 e. The molecule has 72 heavy (non-hydrogen) atoms. The van der Waals surface area contributed by atoms with Gasteiger partial charge in [-0.05, 0) is 32.1 Å². The van der Waals surface area contributed by atoms with Gasteiger partial charge in [-0.1, -0.05) is 6.08 Å². The fourth-order valence-electron chi connectivity index (χ4n) is 6.65. The van der Waals surface area contributed by atoms with E-state index in [0.29, 0.717) is 17.8 Å². The summed E-state index contributed by atoms with van der Waals surface area (Å²) in [5.74, 6) is -13.7. The average molecular weight is 1030 g/mol. The van der Waals surface area contributed by atoms with Crippen LogP contribution >= 0.6 is 12.6 Å². The maximum absolute atomic E-state index is 13.7. The molecule has 0 aromatic carbocycles. The molecule has 1 aliphatic rings. The Morgan fingerprint density at radius 3 is 1.94 bits per heavy atom. The van der Waals surface area contributed by atoms with E-state index in [9.17, 15) is 78.3 Å². The smallest absolute Gasteiger partial charge is 0.326 e. The van der Waals surface area contributed by atoms with Gasteiger partial charge in [-0.25, -0.2) is 14.8 Å². The highest BCUT2D eigenvalue weighted by molar-refractivity contribution is 7.80. The lowest BCUT2D eigenvalue weighted by molar-refractivity contribution is -0.142. The van der Waals surface area contributed by atoms with Gasteiger partial charge in [0.05, 0.1) is 43.7 Å². The van der Waals surface area contributed by atoms with Crippen LogP contribution in [0.1, 0.15) is 69.9 Å². The molecule has 0 saturated carbocycles. The number of fused-ring (bicyclic) bond motifs is 1. The molecule has 1 aliphatic carbocycles. The number of carboxylic acid groups (broad SMARTS) is 5. The molecule has 6 unspecified atom stereocenters. The van der Waals surface area contributed by atoms with Crippen LogP contribution in [0.3, 0.4) is 0 Å². The standard InChI is InChI=1S/C40H55N15O16S/c41-39(42)44-9-1-2-21(33(64)53-24(12-29(61)62)34(65)49-19(10-27(57)58)13-46-25(16-72)38(70)71)51-35(66)23(11-28(59)60)50-26(56)8-7-22(37(68)69)52-32(63)17-3-5-18(6-4-17)45-14-20-15-47-31-30(48-20)36(67)55-40(43)54-31/h3,15,19,21-25,46,72H,1-2,4-14,16H2,(H,49,65)(H,50,56)(H,51,66)(H,52,63)(H,53,64)(H,57,58)(H,59,60)(H,61,62)(H,68,69)(H,70,71)(H4,41,42,44)(H3,43,47,54,55,67). The van der Waals surface area contributed by atoms with E-state index in [0.717, 1.165) is 0 Å². The minimum absolute atomic E-state index is 0.0269. The van der Waals surface area contributed by atoms with E-state index in [-0.39, 0.29) is 73.2 Å². The monoisotopic (exact) mass is 1030 g/mol. The number of guanidine groups is 1. The second-order valence-electron chi connectivity index (χ2n) is 15.9. The number of H-pyrrole nitrogens is 1. The third kappa shape index (κ3) is 20.0. The SMILES string of the molecule is NC(N)=NCCCC(NC(=O)C(CC(=O)O)NC(=O)CCC(NC(=O)C1=CCC(=NCc2cnc3nc(N)[nH]c(=O)c3n2)CC1)C(=O)O)C(=O)NC(CC(=O)O)C(=O)NC(CNC(CS)C(=O)O)CC(=O)O. The van der Waals surface area contributed by atoms with Gasteiger partial charge in [0.1, 0.15) is 30.2 Å². The molecular weight excluding hydrogens is 979 g/mol. The van der Waals surface area contributed by atoms with Crippen LogP contribution in [0.4, 0.5) is 5.95 Å². The molecule has 3 rings (SSSR count). The number of aliphatic imine (C=N–C) groups is 2. The van der Waals surface area contributed by atoms with Crippen molar-refractivity contribution < 1.29 is 73.5 Å². The van der Waals surface area contributed by atoms with Crippen molar-refractivity contribution in [1.82, 2.24) is 51.8 Å². The molecule has 0 spiro atoms. The first-order valence-corrected chi connectivity index (χ1v) is 22.3. The first-order chi connectivity index (χ1) is 33.9. The molecule has 6 atom stereocenters. The fraction of sp³-hybridized carbons (Fsp3) is 0.500. The van der Waals surface area contributed by atoms with Crippen molar-refractivity contribution >= 4 is 101 Å². The number of hydrogen-bond donors (Lipinski definition) is 16. The number of amides is 5. The molecule has 0 radical (unpaired) electrons. The summed E-state index contributed by atoms with van der Waals surface area (Å²) < 4.78 is 0. The van der Waals surface area contributed by atoms with E-state index in [2.05, 4.69) is 74.5 Å². The molecule has 18 N–H and O–H groups in total. The molecule has 0 saturated heterocycles. The highest BCUT2D eigenvalue weighted by Gasteiger charge is 2.33. The summed E-state index contributed by atoms with van der Waals surface area (Å²) in [4.78, 5) is 160. The van der Waals surface area contributed by atoms with Gasteiger partial charge >= 0.3 is 29.8 Å². The van der Waals surface area contributed by atoms with Gasteiger partial charge in [-0.15, -0.1) is 0 Å². The lowest BCUT2D eigenvalue weighted by Gasteiger charge is -2.26. The average Bonchev–Trinajstić information content (AvgIpc) is 3.29. The first-order valence-electron chi connectivity index (χ1n) is 21.7. The molecule has 2 aromatic heterocycles. The topological polar surface area (TPSA) is 518 Å². The number of nitrogens with one attached hydrogen (secondary N) is 7. The number of thiol groups is 1. The van der Waals surface area contributed by atoms with Crippen LogP contribution in [0.5, 0.6) is 0 Å². The largest absolute Gasteiger partial charge is 0.481 e. The quantitative estimate of drug-likeness (QED) is 0.0151. The third-order valence-corrected chi connectivity index (χ3v) is 10.6. The lowest BCUT2D eigenvalue weighted by Crippen LogP contribution is -2.58. The van der Waals surface area contributed by atoms with Crippen molar-refractivity contribution in [2.24, 2.45) is 21.5 Å². The number of carbonyl (C=O) groups excluding carboxylic acids is 5. The normalized spacial score (nSPS) is 15.2. The van der Waals surface area contributed by atoms with Crippen LogP contribution in [-0.2, 0) is 54.5 Å². The van der Waals surface area contributed by atoms with E-state index in [4.69, 9.17) is 17.2 Å². The van der Waals surface area contributed by atoms with Crippen LogP contribution in [0.15, 0.2) is 32.6 Å². The van der Waals surface area contributed by atoms with Crippen molar-refractivity contribution in [2.75, 3.05) is 24.6 Å². The summed E-state index contributed by atoms with van der Waals surface area (Å²) in [6.07, 6.45) is -0.903. The number of aromatic amines is 1. The number of nitrogens with zero attached hydrogens (tertiary/aromatic N) is 5. The molecule has 0 aliphatic heterocycles. The van der Waals surface area contributed by atoms with Crippen molar-refractivity contribution in [2.45, 2.75) is 107 Å². The van der Waals surface area contributed by atoms with E-state index < -0.39 is 140 Å². The Labute approximate surface area is 412 Å². The van der Waals surface area contributed by atoms with Crippen LogP contribution in [0, 0.1) is 0 Å². The zero-order valence-corrected chi connectivity index (χ0v) is 39.1. The van der Waals surface area contributed by atoms with E-state index in [1.165, 1.54) is 6.20 Å². The Balaban J connectivity index is 1.68. The van der Waals surface area contributed by atoms with Crippen LogP contribution in [-0.4, -0.2) is 172 Å². The molecule has 0 bridgehead atoms. The number of allylic oxidation sites excluding steroid dienone is 1. The molecule has 0 fully saturated rings. The Hall–Kier alpha value is -8.29. The predicted molar refractivity (Wildman–Crippen MR) is 252 cm³/mol. The third-order valence-electron chi connectivity index (χ3n) is 10.3. The number of rotatable bonds is 30. The number of carboxylic acids is 5. The number of hydrogen-bond acceptors (Lipinski definition) is 19. The van der Waals surface area contributed by atoms with Crippen LogP contribution < -0.4 is 54.7 Å². The molecule has 5 amide bonds. The summed E-state index contributed by atoms with van der Waals surface area (Å²) >= 11 is 3.90. The van der Waals surface area contributed by atoms with Crippen LogP contribution in [0.2, 0.25) is 0 Å². The molecule has 32 heteroatoms. The zero-order chi connectivity index (χ0) is 53.7. The predicted octanol–water partition coefficient (Wildman–Crippen LogP) is -4.91. The Morgan fingerprint density at radius 2 is 1.36 bits per heavy atom. The first kappa shape index (κ1) is 58.0. The highest BCUT2D eigenvalue weighted by Crippen LogP contribution is 2.18. The van der Waals surface area contributed by atoms with Gasteiger partial charge in [-0.3, -0.25) is 62.9 Å². The summed E-state index contributed by atoms with van der Waals surface area (Å²) in [5.41, 5.74) is 17.0. The van der Waals surface area contributed by atoms with Gasteiger partial charge in [0.2, 0.25) is 35.5 Å². The Morgan fingerprint density at radius 1 is 0.750 bits per heavy atom. The summed E-state index contributed by atoms with van der Waals surface area (Å²) in [6.45, 7) is -0.516. The van der Waals surface area contributed by atoms with Crippen LogP contribution in [0.25, 0.3) is 11.2 Å². The number of nitrogen functional groups attached to an aromatic ring is 1. The van der Waals surface area contributed by atoms with Crippen molar-refractivity contribution in [3.63, 3.8) is 0 Å². The Bertz CT molecular complexity index is 2530. The molecule has 392 valence electrons. The fourth-order valence-corrected chi connectivity index (χ4v) is 6.94. The number of nitrogens with two attached hydrogens (primary N) is 3. The van der Waals surface area contributed by atoms with E-state index >= 15 is 0 Å². The molecule has 31 nitrogen and oxygen atoms in total. The Kier molecular flexibility index (Phi) is 22.9. The number of carbonyl (C=O) groups is 10. The maximum atomic E-state index is 13.7. The maximum Gasteiger partial charge on any atom is 0.326 e.